The summed E-state index contributed by atoms with van der Waals surface area (Å²) in [6.45, 7) is 2.60. The number of hydrogen-bond donors (Lipinski definition) is 3. The second-order valence-corrected chi connectivity index (χ2v) is 8.76. The highest BCUT2D eigenvalue weighted by molar-refractivity contribution is 7.21. The maximum Gasteiger partial charge on any atom is 0.311 e. The van der Waals surface area contributed by atoms with Crippen LogP contribution in [0.1, 0.15) is 19.3 Å². The Morgan fingerprint density at radius 2 is 2.09 bits per heavy atom. The SMILES string of the molecule is O=C(CCCC(=O)Oc1cc2nc(-c3cccc4[nH]ncc34)nc(N3CCOCC3)c2s1)NO. The minimum atomic E-state index is -0.541. The maximum atomic E-state index is 12.3. The number of hydroxylamine groups is 1. The summed E-state index contributed by atoms with van der Waals surface area (Å²) in [6.07, 6.45) is 2.11. The van der Waals surface area contributed by atoms with Crippen molar-refractivity contribution in [3.05, 3.63) is 30.5 Å². The van der Waals surface area contributed by atoms with Gasteiger partial charge in [-0.2, -0.15) is 5.10 Å². The van der Waals surface area contributed by atoms with Crippen LogP contribution in [0.3, 0.4) is 0 Å². The molecule has 3 N–H and O–H groups in total. The number of fused-ring (bicyclic) bond motifs is 2. The van der Waals surface area contributed by atoms with Crippen molar-refractivity contribution < 1.29 is 24.3 Å². The molecule has 1 aromatic carbocycles. The lowest BCUT2D eigenvalue weighted by Crippen LogP contribution is -2.36. The Morgan fingerprint density at radius 3 is 2.91 bits per heavy atom. The Kier molecular flexibility index (Phi) is 6.34. The number of carbonyl (C=O) groups excluding carboxylic acids is 2. The van der Waals surface area contributed by atoms with Crippen molar-refractivity contribution in [1.29, 1.82) is 0 Å². The Bertz CT molecular complexity index is 1350. The first-order valence-corrected chi connectivity index (χ1v) is 11.6. The Labute approximate surface area is 197 Å². The van der Waals surface area contributed by atoms with Crippen molar-refractivity contribution >= 4 is 50.2 Å². The summed E-state index contributed by atoms with van der Waals surface area (Å²) in [6, 6.07) is 7.57. The molecule has 0 unspecified atom stereocenters. The quantitative estimate of drug-likeness (QED) is 0.206. The molecule has 34 heavy (non-hydrogen) atoms. The molecule has 1 fully saturated rings. The summed E-state index contributed by atoms with van der Waals surface area (Å²) in [5.41, 5.74) is 3.98. The van der Waals surface area contributed by atoms with Crippen LogP contribution in [0.4, 0.5) is 5.82 Å². The number of morpholine rings is 1. The normalized spacial score (nSPS) is 14.0. The molecule has 1 aliphatic rings. The molecule has 5 rings (SSSR count). The predicted molar refractivity (Wildman–Crippen MR) is 125 cm³/mol. The summed E-state index contributed by atoms with van der Waals surface area (Å²) in [5, 5.41) is 17.0. The average Bonchev–Trinajstić information content (AvgIpc) is 3.50. The summed E-state index contributed by atoms with van der Waals surface area (Å²) >= 11 is 1.31. The Balaban J connectivity index is 1.48. The number of rotatable bonds is 7. The van der Waals surface area contributed by atoms with Crippen LogP contribution in [-0.4, -0.2) is 63.6 Å². The lowest BCUT2D eigenvalue weighted by molar-refractivity contribution is -0.134. The van der Waals surface area contributed by atoms with Crippen LogP contribution in [-0.2, 0) is 14.3 Å². The van der Waals surface area contributed by atoms with E-state index in [1.165, 1.54) is 11.3 Å². The number of H-pyrrole nitrogens is 1. The third-order valence-corrected chi connectivity index (χ3v) is 6.49. The number of hydrogen-bond acceptors (Lipinski definition) is 10. The van der Waals surface area contributed by atoms with E-state index in [2.05, 4.69) is 15.1 Å². The first-order chi connectivity index (χ1) is 16.6. The number of nitrogens with one attached hydrogen (secondary N) is 2. The Morgan fingerprint density at radius 1 is 1.24 bits per heavy atom. The first-order valence-electron chi connectivity index (χ1n) is 10.8. The van der Waals surface area contributed by atoms with Crippen molar-refractivity contribution in [3.63, 3.8) is 0 Å². The largest absolute Gasteiger partial charge is 0.415 e. The third kappa shape index (κ3) is 4.55. The van der Waals surface area contributed by atoms with Crippen molar-refractivity contribution in [3.8, 4) is 16.5 Å². The molecule has 4 aromatic rings. The topological polar surface area (TPSA) is 143 Å². The van der Waals surface area contributed by atoms with Gasteiger partial charge < -0.3 is 14.4 Å². The maximum absolute atomic E-state index is 12.3. The monoisotopic (exact) mass is 482 g/mol. The fourth-order valence-corrected chi connectivity index (χ4v) is 4.81. The summed E-state index contributed by atoms with van der Waals surface area (Å²) in [7, 11) is 0. The lowest BCUT2D eigenvalue weighted by atomic mass is 10.1. The summed E-state index contributed by atoms with van der Waals surface area (Å²) in [4.78, 5) is 35.2. The Hall–Kier alpha value is -3.61. The molecule has 11 nitrogen and oxygen atoms in total. The van der Waals surface area contributed by atoms with Gasteiger partial charge in [-0.3, -0.25) is 19.9 Å². The van der Waals surface area contributed by atoms with E-state index in [4.69, 9.17) is 24.6 Å². The van der Waals surface area contributed by atoms with Crippen molar-refractivity contribution in [2.45, 2.75) is 19.3 Å². The van der Waals surface area contributed by atoms with Crippen LogP contribution in [0.15, 0.2) is 30.5 Å². The molecule has 1 saturated heterocycles. The number of carbonyl (C=O) groups is 2. The minimum Gasteiger partial charge on any atom is -0.415 e. The number of esters is 1. The molecule has 0 atom stereocenters. The third-order valence-electron chi connectivity index (χ3n) is 5.49. The van der Waals surface area contributed by atoms with Gasteiger partial charge in [0.25, 0.3) is 0 Å². The van der Waals surface area contributed by atoms with Crippen LogP contribution in [0.25, 0.3) is 32.5 Å². The molecule has 1 aliphatic heterocycles. The minimum absolute atomic E-state index is 0.0353. The van der Waals surface area contributed by atoms with Crippen molar-refractivity contribution in [1.82, 2.24) is 25.6 Å². The average molecular weight is 483 g/mol. The number of aromatic nitrogens is 4. The van der Waals surface area contributed by atoms with E-state index in [0.717, 1.165) is 27.0 Å². The van der Waals surface area contributed by atoms with E-state index in [-0.39, 0.29) is 19.3 Å². The van der Waals surface area contributed by atoms with Gasteiger partial charge in [-0.25, -0.2) is 15.4 Å². The fourth-order valence-electron chi connectivity index (χ4n) is 3.83. The molecule has 1 amide bonds. The smallest absolute Gasteiger partial charge is 0.311 e. The highest BCUT2D eigenvalue weighted by atomic mass is 32.1. The van der Waals surface area contributed by atoms with E-state index in [1.54, 1.807) is 17.7 Å². The zero-order valence-electron chi connectivity index (χ0n) is 18.1. The first kappa shape index (κ1) is 22.2. The van der Waals surface area contributed by atoms with Crippen molar-refractivity contribution in [2.75, 3.05) is 31.2 Å². The standard InChI is InChI=1S/C22H22N6O5S/c29-17(27-31)5-2-6-18(30)33-19-11-16-20(34-19)22(28-7-9-32-10-8-28)25-21(24-16)13-3-1-4-15-14(13)12-23-26-15/h1,3-4,11-12,31H,2,5-10H2,(H,23,26)(H,27,29). The molecule has 0 aliphatic carbocycles. The molecule has 0 radical (unpaired) electrons. The lowest BCUT2D eigenvalue weighted by Gasteiger charge is -2.28. The highest BCUT2D eigenvalue weighted by Gasteiger charge is 2.22. The van der Waals surface area contributed by atoms with Crippen LogP contribution < -0.4 is 15.1 Å². The number of aromatic amines is 1. The van der Waals surface area contributed by atoms with Crippen LogP contribution in [0.5, 0.6) is 5.06 Å². The van der Waals surface area contributed by atoms with Crippen LogP contribution in [0, 0.1) is 0 Å². The molecule has 12 heteroatoms. The highest BCUT2D eigenvalue weighted by Crippen LogP contribution is 2.39. The van der Waals surface area contributed by atoms with Gasteiger partial charge in [0.1, 0.15) is 0 Å². The van der Waals surface area contributed by atoms with E-state index in [9.17, 15) is 9.59 Å². The number of nitrogens with zero attached hydrogens (tertiary/aromatic N) is 4. The zero-order chi connectivity index (χ0) is 23.5. The van der Waals surface area contributed by atoms with Gasteiger partial charge in [0.2, 0.25) is 5.91 Å². The number of anilines is 1. The molecule has 0 saturated carbocycles. The second-order valence-electron chi connectivity index (χ2n) is 7.75. The molecule has 176 valence electrons. The van der Waals surface area contributed by atoms with Gasteiger partial charge in [-0.15, -0.1) is 0 Å². The van der Waals surface area contributed by atoms with Gasteiger partial charge >= 0.3 is 5.97 Å². The fraction of sp³-hybridized carbons (Fsp3) is 0.318. The van der Waals surface area contributed by atoms with Crippen LogP contribution >= 0.6 is 11.3 Å². The van der Waals surface area contributed by atoms with Gasteiger partial charge in [0.15, 0.2) is 16.7 Å². The van der Waals surface area contributed by atoms with E-state index in [0.29, 0.717) is 42.7 Å². The predicted octanol–water partition coefficient (Wildman–Crippen LogP) is 2.65. The summed E-state index contributed by atoms with van der Waals surface area (Å²) < 4.78 is 11.9. The molecule has 0 bridgehead atoms. The molecule has 4 heterocycles. The number of benzene rings is 1. The zero-order valence-corrected chi connectivity index (χ0v) is 18.9. The van der Waals surface area contributed by atoms with Gasteiger partial charge in [-0.1, -0.05) is 23.5 Å². The number of ether oxygens (including phenoxy) is 2. The molecular weight excluding hydrogens is 460 g/mol. The van der Waals surface area contributed by atoms with E-state index >= 15 is 0 Å². The molecule has 3 aromatic heterocycles. The van der Waals surface area contributed by atoms with Crippen molar-refractivity contribution in [2.24, 2.45) is 0 Å². The van der Waals surface area contributed by atoms with Crippen LogP contribution in [0.2, 0.25) is 0 Å². The number of thiophene rings is 1. The molecule has 0 spiro atoms. The van der Waals surface area contributed by atoms with E-state index in [1.807, 2.05) is 18.2 Å². The summed E-state index contributed by atoms with van der Waals surface area (Å²) in [5.74, 6) is 0.337. The van der Waals surface area contributed by atoms with Gasteiger partial charge in [-0.05, 0) is 12.5 Å². The number of amides is 1. The van der Waals surface area contributed by atoms with Gasteiger partial charge in [0.05, 0.1) is 35.1 Å². The second kappa shape index (κ2) is 9.71. The van der Waals surface area contributed by atoms with E-state index < -0.39 is 11.9 Å². The van der Waals surface area contributed by atoms with Gasteiger partial charge in [0, 0.05) is 42.9 Å². The molecular formula is C22H22N6O5S.